The summed E-state index contributed by atoms with van der Waals surface area (Å²) in [5.74, 6) is -0.294. The summed E-state index contributed by atoms with van der Waals surface area (Å²) in [6.45, 7) is 8.10. The molecule has 1 amide bonds. The fourth-order valence-electron chi connectivity index (χ4n) is 2.50. The first-order chi connectivity index (χ1) is 10.1. The molecule has 1 unspecified atom stereocenters. The molecular formula is C16H25N3O2. The second-order valence-corrected chi connectivity index (χ2v) is 5.57. The molecule has 1 atom stereocenters. The molecule has 1 aromatic rings. The minimum atomic E-state index is -0.923. The summed E-state index contributed by atoms with van der Waals surface area (Å²) >= 11 is 0. The van der Waals surface area contributed by atoms with Crippen LogP contribution in [0.15, 0.2) is 30.3 Å². The van der Waals surface area contributed by atoms with Gasteiger partial charge < -0.3 is 10.4 Å². The Labute approximate surface area is 126 Å². The smallest absolute Gasteiger partial charge is 0.248 e. The lowest BCUT2D eigenvalue weighted by Crippen LogP contribution is -2.48. The lowest BCUT2D eigenvalue weighted by molar-refractivity contribution is -0.128. The van der Waals surface area contributed by atoms with Crippen molar-refractivity contribution in [3.05, 3.63) is 35.9 Å². The standard InChI is InChI=1S/C16H25N3O2/c1-14(20)16(21)17-7-8-18-9-11-19(12-10-18)13-15-5-3-2-4-6-15/h2-6,14,20H,7-13H2,1H3,(H,17,21). The molecule has 0 bridgehead atoms. The van der Waals surface area contributed by atoms with Gasteiger partial charge in [-0.3, -0.25) is 14.6 Å². The maximum atomic E-state index is 11.3. The topological polar surface area (TPSA) is 55.8 Å². The molecule has 0 aromatic heterocycles. The number of amides is 1. The van der Waals surface area contributed by atoms with Crippen molar-refractivity contribution < 1.29 is 9.90 Å². The van der Waals surface area contributed by atoms with Crippen molar-refractivity contribution in [3.8, 4) is 0 Å². The summed E-state index contributed by atoms with van der Waals surface area (Å²) in [6.07, 6.45) is -0.923. The lowest BCUT2D eigenvalue weighted by atomic mass is 10.2. The zero-order valence-corrected chi connectivity index (χ0v) is 12.7. The maximum absolute atomic E-state index is 11.3. The Kier molecular flexibility index (Phi) is 6.17. The van der Waals surface area contributed by atoms with Crippen molar-refractivity contribution in [2.75, 3.05) is 39.3 Å². The third-order valence-corrected chi connectivity index (χ3v) is 3.82. The van der Waals surface area contributed by atoms with Gasteiger partial charge in [-0.2, -0.15) is 0 Å². The molecule has 1 aliphatic rings. The first-order valence-corrected chi connectivity index (χ1v) is 7.59. The number of nitrogens with one attached hydrogen (secondary N) is 1. The van der Waals surface area contributed by atoms with Crippen molar-refractivity contribution in [2.45, 2.75) is 19.6 Å². The number of aliphatic hydroxyl groups is 1. The van der Waals surface area contributed by atoms with Crippen molar-refractivity contribution >= 4 is 5.91 Å². The molecule has 5 heteroatoms. The quantitative estimate of drug-likeness (QED) is 0.791. The molecule has 21 heavy (non-hydrogen) atoms. The normalized spacial score (nSPS) is 18.4. The van der Waals surface area contributed by atoms with Crippen LogP contribution in [0.1, 0.15) is 12.5 Å². The van der Waals surface area contributed by atoms with E-state index in [0.29, 0.717) is 6.54 Å². The molecule has 1 saturated heterocycles. The summed E-state index contributed by atoms with van der Waals surface area (Å²) in [6, 6.07) is 10.5. The SMILES string of the molecule is CC(O)C(=O)NCCN1CCN(Cc2ccccc2)CC1. The van der Waals surface area contributed by atoms with E-state index in [2.05, 4.69) is 39.4 Å². The van der Waals surface area contributed by atoms with Crippen LogP contribution in [0.3, 0.4) is 0 Å². The van der Waals surface area contributed by atoms with Gasteiger partial charge in [-0.1, -0.05) is 30.3 Å². The van der Waals surface area contributed by atoms with Gasteiger partial charge in [-0.25, -0.2) is 0 Å². The molecule has 0 radical (unpaired) electrons. The largest absolute Gasteiger partial charge is 0.384 e. The Morgan fingerprint density at radius 2 is 1.81 bits per heavy atom. The van der Waals surface area contributed by atoms with Crippen molar-refractivity contribution in [2.24, 2.45) is 0 Å². The van der Waals surface area contributed by atoms with E-state index < -0.39 is 6.10 Å². The molecular weight excluding hydrogens is 266 g/mol. The average Bonchev–Trinajstić information content (AvgIpc) is 2.50. The number of piperazine rings is 1. The molecule has 0 saturated carbocycles. The minimum absolute atomic E-state index is 0.294. The summed E-state index contributed by atoms with van der Waals surface area (Å²) in [5.41, 5.74) is 1.36. The van der Waals surface area contributed by atoms with Gasteiger partial charge >= 0.3 is 0 Å². The van der Waals surface area contributed by atoms with Crippen LogP contribution in [-0.4, -0.2) is 66.2 Å². The monoisotopic (exact) mass is 291 g/mol. The van der Waals surface area contributed by atoms with Gasteiger partial charge in [0.15, 0.2) is 0 Å². The number of benzene rings is 1. The number of carbonyl (C=O) groups is 1. The Morgan fingerprint density at radius 1 is 1.19 bits per heavy atom. The summed E-state index contributed by atoms with van der Waals surface area (Å²) in [7, 11) is 0. The van der Waals surface area contributed by atoms with Gasteiger partial charge in [0.05, 0.1) is 0 Å². The zero-order chi connectivity index (χ0) is 15.1. The molecule has 1 aliphatic heterocycles. The molecule has 1 aromatic carbocycles. The highest BCUT2D eigenvalue weighted by Crippen LogP contribution is 2.07. The van der Waals surface area contributed by atoms with Gasteiger partial charge in [0.1, 0.15) is 6.10 Å². The number of hydrogen-bond acceptors (Lipinski definition) is 4. The van der Waals surface area contributed by atoms with Gasteiger partial charge in [0, 0.05) is 45.8 Å². The van der Waals surface area contributed by atoms with Gasteiger partial charge in [-0.05, 0) is 12.5 Å². The minimum Gasteiger partial charge on any atom is -0.384 e. The molecule has 2 rings (SSSR count). The van der Waals surface area contributed by atoms with Gasteiger partial charge in [0.2, 0.25) is 5.91 Å². The van der Waals surface area contributed by atoms with E-state index in [1.807, 2.05) is 6.07 Å². The van der Waals surface area contributed by atoms with E-state index in [1.165, 1.54) is 12.5 Å². The van der Waals surface area contributed by atoms with E-state index in [9.17, 15) is 4.79 Å². The number of nitrogens with zero attached hydrogens (tertiary/aromatic N) is 2. The molecule has 0 spiro atoms. The summed E-state index contributed by atoms with van der Waals surface area (Å²) < 4.78 is 0. The Bertz CT molecular complexity index is 428. The van der Waals surface area contributed by atoms with Crippen molar-refractivity contribution in [3.63, 3.8) is 0 Å². The van der Waals surface area contributed by atoms with Crippen LogP contribution in [0.5, 0.6) is 0 Å². The van der Waals surface area contributed by atoms with E-state index in [0.717, 1.165) is 39.3 Å². The van der Waals surface area contributed by atoms with Gasteiger partial charge in [-0.15, -0.1) is 0 Å². The van der Waals surface area contributed by atoms with Crippen LogP contribution < -0.4 is 5.32 Å². The van der Waals surface area contributed by atoms with Crippen LogP contribution >= 0.6 is 0 Å². The number of rotatable bonds is 6. The van der Waals surface area contributed by atoms with E-state index in [-0.39, 0.29) is 5.91 Å². The number of aliphatic hydroxyl groups excluding tert-OH is 1. The van der Waals surface area contributed by atoms with Crippen LogP contribution in [0.2, 0.25) is 0 Å². The second kappa shape index (κ2) is 8.12. The summed E-state index contributed by atoms with van der Waals surface area (Å²) in [5, 5.41) is 11.8. The molecule has 5 nitrogen and oxygen atoms in total. The van der Waals surface area contributed by atoms with Crippen molar-refractivity contribution in [1.82, 2.24) is 15.1 Å². The molecule has 116 valence electrons. The van der Waals surface area contributed by atoms with E-state index >= 15 is 0 Å². The highest BCUT2D eigenvalue weighted by atomic mass is 16.3. The fourth-order valence-corrected chi connectivity index (χ4v) is 2.50. The number of hydrogen-bond donors (Lipinski definition) is 2. The molecule has 1 heterocycles. The first kappa shape index (κ1) is 15.9. The maximum Gasteiger partial charge on any atom is 0.248 e. The highest BCUT2D eigenvalue weighted by molar-refractivity contribution is 5.79. The Hall–Kier alpha value is -1.43. The van der Waals surface area contributed by atoms with Crippen LogP contribution in [0.4, 0.5) is 0 Å². The highest BCUT2D eigenvalue weighted by Gasteiger charge is 2.17. The average molecular weight is 291 g/mol. The van der Waals surface area contributed by atoms with Crippen molar-refractivity contribution in [1.29, 1.82) is 0 Å². The van der Waals surface area contributed by atoms with E-state index in [1.54, 1.807) is 0 Å². The first-order valence-electron chi connectivity index (χ1n) is 7.59. The Morgan fingerprint density at radius 3 is 2.43 bits per heavy atom. The predicted molar refractivity (Wildman–Crippen MR) is 82.8 cm³/mol. The fraction of sp³-hybridized carbons (Fsp3) is 0.562. The molecule has 1 fully saturated rings. The van der Waals surface area contributed by atoms with Crippen LogP contribution in [0, 0.1) is 0 Å². The third-order valence-electron chi connectivity index (χ3n) is 3.82. The predicted octanol–water partition coefficient (Wildman–Crippen LogP) is 0.301. The zero-order valence-electron chi connectivity index (χ0n) is 12.7. The molecule has 0 aliphatic carbocycles. The lowest BCUT2D eigenvalue weighted by Gasteiger charge is -2.34. The Balaban J connectivity index is 1.63. The number of carbonyl (C=O) groups excluding carboxylic acids is 1. The van der Waals surface area contributed by atoms with Crippen LogP contribution in [-0.2, 0) is 11.3 Å². The van der Waals surface area contributed by atoms with E-state index in [4.69, 9.17) is 5.11 Å². The molecule has 2 N–H and O–H groups in total. The van der Waals surface area contributed by atoms with Crippen LogP contribution in [0.25, 0.3) is 0 Å². The third kappa shape index (κ3) is 5.46. The second-order valence-electron chi connectivity index (χ2n) is 5.57. The summed E-state index contributed by atoms with van der Waals surface area (Å²) in [4.78, 5) is 16.1. The van der Waals surface area contributed by atoms with Gasteiger partial charge in [0.25, 0.3) is 0 Å².